The Bertz CT molecular complexity index is 1510. The Morgan fingerprint density at radius 2 is 1.41 bits per heavy atom. The predicted molar refractivity (Wildman–Crippen MR) is 139 cm³/mol. The zero-order valence-corrected chi connectivity index (χ0v) is 19.8. The molecule has 0 aliphatic heterocycles. The standard InChI is InChI=1S/C24H15I2N3/c1-12-21(17-4-2-3-5-20(17)27-12)24-28-22-18-10-13(25)6-8-15(18)16-9-7-14(26)11-19(16)23(22)29-24/h2-11,27H,1H3,(H,28,29). The highest BCUT2D eigenvalue weighted by Crippen LogP contribution is 2.38. The zero-order chi connectivity index (χ0) is 19.7. The molecule has 0 atom stereocenters. The maximum absolute atomic E-state index is 5.13. The van der Waals surface area contributed by atoms with E-state index in [1.54, 1.807) is 0 Å². The molecule has 0 radical (unpaired) electrons. The van der Waals surface area contributed by atoms with Gasteiger partial charge in [0.2, 0.25) is 0 Å². The normalized spacial score (nSPS) is 12.0. The number of para-hydroxylation sites is 1. The number of hydrogen-bond acceptors (Lipinski definition) is 1. The van der Waals surface area contributed by atoms with Gasteiger partial charge in [-0.15, -0.1) is 0 Å². The number of fused-ring (bicyclic) bond motifs is 7. The monoisotopic (exact) mass is 599 g/mol. The van der Waals surface area contributed by atoms with Crippen molar-refractivity contribution in [2.75, 3.05) is 0 Å². The molecule has 140 valence electrons. The van der Waals surface area contributed by atoms with Gasteiger partial charge < -0.3 is 9.97 Å². The van der Waals surface area contributed by atoms with Crippen molar-refractivity contribution in [3.05, 3.63) is 73.5 Å². The van der Waals surface area contributed by atoms with E-state index < -0.39 is 0 Å². The lowest BCUT2D eigenvalue weighted by molar-refractivity contribution is 1.26. The van der Waals surface area contributed by atoms with Crippen molar-refractivity contribution in [3.63, 3.8) is 0 Å². The first-order chi connectivity index (χ1) is 14.1. The Hall–Kier alpha value is -2.13. The molecule has 4 aromatic carbocycles. The van der Waals surface area contributed by atoms with Gasteiger partial charge in [0.15, 0.2) is 0 Å². The van der Waals surface area contributed by atoms with E-state index in [1.165, 1.54) is 34.1 Å². The Kier molecular flexibility index (Phi) is 3.93. The fraction of sp³-hybridized carbons (Fsp3) is 0.0417. The van der Waals surface area contributed by atoms with Crippen LogP contribution in [0.25, 0.3) is 54.9 Å². The number of nitrogens with one attached hydrogen (secondary N) is 2. The van der Waals surface area contributed by atoms with Crippen LogP contribution in [-0.4, -0.2) is 15.0 Å². The number of aryl methyl sites for hydroxylation is 1. The molecule has 6 aromatic rings. The van der Waals surface area contributed by atoms with Crippen LogP contribution in [0.4, 0.5) is 0 Å². The minimum atomic E-state index is 0.918. The summed E-state index contributed by atoms with van der Waals surface area (Å²) in [6, 6.07) is 21.7. The first-order valence-electron chi connectivity index (χ1n) is 9.38. The lowest BCUT2D eigenvalue weighted by atomic mass is 10.0. The molecular formula is C24H15I2N3. The van der Waals surface area contributed by atoms with E-state index in [4.69, 9.17) is 4.98 Å². The van der Waals surface area contributed by atoms with E-state index in [-0.39, 0.29) is 0 Å². The zero-order valence-electron chi connectivity index (χ0n) is 15.5. The number of aromatic amines is 2. The van der Waals surface area contributed by atoms with Gasteiger partial charge in [0.05, 0.1) is 11.0 Å². The first kappa shape index (κ1) is 17.7. The van der Waals surface area contributed by atoms with Crippen LogP contribution in [0.1, 0.15) is 5.69 Å². The van der Waals surface area contributed by atoms with Crippen molar-refractivity contribution < 1.29 is 0 Å². The van der Waals surface area contributed by atoms with Crippen molar-refractivity contribution in [1.29, 1.82) is 0 Å². The summed E-state index contributed by atoms with van der Waals surface area (Å²) in [5.74, 6) is 0.918. The van der Waals surface area contributed by atoms with Crippen LogP contribution in [-0.2, 0) is 0 Å². The van der Waals surface area contributed by atoms with Crippen molar-refractivity contribution in [3.8, 4) is 11.4 Å². The van der Waals surface area contributed by atoms with Crippen LogP contribution in [0.15, 0.2) is 60.7 Å². The molecule has 6 rings (SSSR count). The van der Waals surface area contributed by atoms with E-state index in [0.717, 1.165) is 33.6 Å². The van der Waals surface area contributed by atoms with E-state index in [2.05, 4.69) is 123 Å². The fourth-order valence-corrected chi connectivity index (χ4v) is 5.35. The van der Waals surface area contributed by atoms with Gasteiger partial charge in [-0.3, -0.25) is 0 Å². The Morgan fingerprint density at radius 1 is 0.724 bits per heavy atom. The second kappa shape index (κ2) is 6.43. The minimum Gasteiger partial charge on any atom is -0.358 e. The molecule has 0 aliphatic rings. The molecule has 0 unspecified atom stereocenters. The molecular weight excluding hydrogens is 584 g/mol. The highest BCUT2D eigenvalue weighted by Gasteiger charge is 2.18. The van der Waals surface area contributed by atoms with E-state index in [9.17, 15) is 0 Å². The maximum atomic E-state index is 5.13. The Morgan fingerprint density at radius 3 is 2.21 bits per heavy atom. The van der Waals surface area contributed by atoms with Gasteiger partial charge in [0.1, 0.15) is 5.82 Å². The van der Waals surface area contributed by atoms with Crippen molar-refractivity contribution in [1.82, 2.24) is 15.0 Å². The number of H-pyrrole nitrogens is 2. The molecule has 2 N–H and O–H groups in total. The summed E-state index contributed by atoms with van der Waals surface area (Å²) in [7, 11) is 0. The van der Waals surface area contributed by atoms with Crippen LogP contribution in [0.2, 0.25) is 0 Å². The smallest absolute Gasteiger partial charge is 0.140 e. The van der Waals surface area contributed by atoms with Crippen LogP contribution in [0, 0.1) is 14.1 Å². The topological polar surface area (TPSA) is 44.5 Å². The third-order valence-corrected chi connectivity index (χ3v) is 6.95. The number of nitrogens with zero attached hydrogens (tertiary/aromatic N) is 1. The molecule has 2 heterocycles. The molecule has 2 aromatic heterocycles. The lowest BCUT2D eigenvalue weighted by Crippen LogP contribution is -1.84. The molecule has 0 spiro atoms. The quantitative estimate of drug-likeness (QED) is 0.149. The van der Waals surface area contributed by atoms with Crippen molar-refractivity contribution in [2.24, 2.45) is 0 Å². The van der Waals surface area contributed by atoms with Gasteiger partial charge in [-0.25, -0.2) is 4.98 Å². The summed E-state index contributed by atoms with van der Waals surface area (Å²) in [5.41, 5.74) is 5.55. The van der Waals surface area contributed by atoms with Crippen LogP contribution >= 0.6 is 45.2 Å². The highest BCUT2D eigenvalue weighted by atomic mass is 127. The summed E-state index contributed by atoms with van der Waals surface area (Å²) in [5, 5.41) is 6.12. The minimum absolute atomic E-state index is 0.918. The van der Waals surface area contributed by atoms with Gasteiger partial charge in [-0.2, -0.15) is 0 Å². The second-order valence-corrected chi connectivity index (χ2v) is 9.85. The van der Waals surface area contributed by atoms with Crippen LogP contribution < -0.4 is 0 Å². The fourth-order valence-electron chi connectivity index (χ4n) is 4.37. The molecule has 3 nitrogen and oxygen atoms in total. The number of hydrogen-bond donors (Lipinski definition) is 2. The lowest BCUT2D eigenvalue weighted by Gasteiger charge is -2.07. The summed E-state index contributed by atoms with van der Waals surface area (Å²) in [6.07, 6.45) is 0. The SMILES string of the molecule is Cc1[nH]c2ccccc2c1-c1nc2c3cc(I)ccc3c3ccc(I)cc3c2[nH]1. The molecule has 0 bridgehead atoms. The van der Waals surface area contributed by atoms with E-state index in [0.29, 0.717) is 0 Å². The first-order valence-corrected chi connectivity index (χ1v) is 11.5. The third kappa shape index (κ3) is 2.63. The number of imidazole rings is 1. The largest absolute Gasteiger partial charge is 0.358 e. The second-order valence-electron chi connectivity index (χ2n) is 7.36. The summed E-state index contributed by atoms with van der Waals surface area (Å²) < 4.78 is 2.44. The Labute approximate surface area is 194 Å². The average Bonchev–Trinajstić information content (AvgIpc) is 3.28. The molecule has 29 heavy (non-hydrogen) atoms. The molecule has 0 aliphatic carbocycles. The molecule has 0 fully saturated rings. The predicted octanol–water partition coefficient (Wildman–Crippen LogP) is 7.54. The number of rotatable bonds is 1. The van der Waals surface area contributed by atoms with Gasteiger partial charge in [0, 0.05) is 40.1 Å². The Balaban J connectivity index is 1.80. The molecule has 0 saturated carbocycles. The van der Waals surface area contributed by atoms with Crippen LogP contribution in [0.5, 0.6) is 0 Å². The van der Waals surface area contributed by atoms with E-state index in [1.807, 2.05) is 0 Å². The van der Waals surface area contributed by atoms with Crippen molar-refractivity contribution in [2.45, 2.75) is 6.92 Å². The number of aromatic nitrogens is 3. The molecule has 5 heteroatoms. The summed E-state index contributed by atoms with van der Waals surface area (Å²) >= 11 is 4.76. The van der Waals surface area contributed by atoms with Crippen molar-refractivity contribution >= 4 is 88.7 Å². The van der Waals surface area contributed by atoms with Gasteiger partial charge >= 0.3 is 0 Å². The third-order valence-electron chi connectivity index (χ3n) is 5.61. The summed E-state index contributed by atoms with van der Waals surface area (Å²) in [4.78, 5) is 12.3. The number of halogens is 2. The number of benzene rings is 4. The van der Waals surface area contributed by atoms with Crippen LogP contribution in [0.3, 0.4) is 0 Å². The van der Waals surface area contributed by atoms with E-state index >= 15 is 0 Å². The summed E-state index contributed by atoms with van der Waals surface area (Å²) in [6.45, 7) is 2.12. The highest BCUT2D eigenvalue weighted by molar-refractivity contribution is 14.1. The van der Waals surface area contributed by atoms with Gasteiger partial charge in [-0.1, -0.05) is 30.3 Å². The van der Waals surface area contributed by atoms with Gasteiger partial charge in [-0.05, 0) is 93.2 Å². The van der Waals surface area contributed by atoms with Gasteiger partial charge in [0.25, 0.3) is 0 Å². The maximum Gasteiger partial charge on any atom is 0.140 e. The average molecular weight is 599 g/mol. The molecule has 0 saturated heterocycles. The molecule has 0 amide bonds.